The third kappa shape index (κ3) is 4.03. The monoisotopic (exact) mass is 341 g/mol. The first-order valence-electron chi connectivity index (χ1n) is 6.24. The summed E-state index contributed by atoms with van der Waals surface area (Å²) in [6, 6.07) is 6.77. The van der Waals surface area contributed by atoms with Gasteiger partial charge < -0.3 is 15.7 Å². The first-order chi connectivity index (χ1) is 10.0. The zero-order chi connectivity index (χ0) is 15.4. The van der Waals surface area contributed by atoms with E-state index in [1.165, 1.54) is 16.2 Å². The van der Waals surface area contributed by atoms with Gasteiger partial charge >= 0.3 is 5.97 Å². The molecule has 3 N–H and O–H groups in total. The number of nitrogens with zero attached hydrogens (tertiary/aromatic N) is 2. The van der Waals surface area contributed by atoms with Crippen LogP contribution in [0.2, 0.25) is 0 Å². The number of aromatic carboxylic acids is 1. The highest BCUT2D eigenvalue weighted by molar-refractivity contribution is 7.15. The number of halogens is 1. The Balaban J connectivity index is 0.00000242. The molecule has 22 heavy (non-hydrogen) atoms. The van der Waals surface area contributed by atoms with Crippen LogP contribution in [0, 0.1) is 0 Å². The summed E-state index contributed by atoms with van der Waals surface area (Å²) in [4.78, 5) is 29.2. The van der Waals surface area contributed by atoms with Gasteiger partial charge in [-0.25, -0.2) is 9.78 Å². The van der Waals surface area contributed by atoms with Gasteiger partial charge in [0.25, 0.3) is 0 Å². The lowest BCUT2D eigenvalue weighted by atomic mass is 10.1. The highest BCUT2D eigenvalue weighted by Gasteiger charge is 2.15. The number of thiazole rings is 1. The molecule has 8 heteroatoms. The quantitative estimate of drug-likeness (QED) is 0.865. The molecule has 2 aromatic rings. The third-order valence-corrected chi connectivity index (χ3v) is 3.96. The maximum atomic E-state index is 11.4. The van der Waals surface area contributed by atoms with Crippen LogP contribution in [0.15, 0.2) is 30.5 Å². The number of carboxylic acid groups (broad SMARTS) is 1. The summed E-state index contributed by atoms with van der Waals surface area (Å²) in [5.41, 5.74) is 6.16. The Labute approximate surface area is 138 Å². The lowest BCUT2D eigenvalue weighted by molar-refractivity contribution is -0.128. The van der Waals surface area contributed by atoms with Crippen molar-refractivity contribution in [2.75, 3.05) is 13.6 Å². The molecule has 0 atom stereocenters. The minimum Gasteiger partial charge on any atom is -0.478 e. The standard InChI is InChI=1S/C14H15N3O3S.ClH/c1-17(13(18)6-15)8-12-16-7-11(21-12)9-4-2-3-5-10(9)14(19)20;/h2-5,7H,6,8,15H2,1H3,(H,19,20);1H. The number of hydrogen-bond acceptors (Lipinski definition) is 5. The lowest BCUT2D eigenvalue weighted by Gasteiger charge is -2.13. The molecule has 6 nitrogen and oxygen atoms in total. The van der Waals surface area contributed by atoms with Crippen LogP contribution in [-0.2, 0) is 11.3 Å². The minimum absolute atomic E-state index is 0. The fourth-order valence-electron chi connectivity index (χ4n) is 1.84. The number of carbonyl (C=O) groups is 2. The Morgan fingerprint density at radius 3 is 2.68 bits per heavy atom. The van der Waals surface area contributed by atoms with Gasteiger partial charge in [-0.3, -0.25) is 4.79 Å². The number of aromatic nitrogens is 1. The van der Waals surface area contributed by atoms with Gasteiger partial charge in [-0.05, 0) is 6.07 Å². The molecule has 1 aromatic carbocycles. The molecule has 0 saturated heterocycles. The van der Waals surface area contributed by atoms with Crippen LogP contribution in [0.3, 0.4) is 0 Å². The predicted octanol–water partition coefficient (Wildman–Crippen LogP) is 1.85. The van der Waals surface area contributed by atoms with E-state index in [-0.39, 0.29) is 30.4 Å². The van der Waals surface area contributed by atoms with Crippen LogP contribution in [0.4, 0.5) is 0 Å². The fraction of sp³-hybridized carbons (Fsp3) is 0.214. The number of carboxylic acids is 1. The van der Waals surface area contributed by atoms with E-state index < -0.39 is 5.97 Å². The topological polar surface area (TPSA) is 96.5 Å². The largest absolute Gasteiger partial charge is 0.478 e. The van der Waals surface area contributed by atoms with Crippen molar-refractivity contribution < 1.29 is 14.7 Å². The molecule has 0 aliphatic rings. The summed E-state index contributed by atoms with van der Waals surface area (Å²) in [5.74, 6) is -1.14. The summed E-state index contributed by atoms with van der Waals surface area (Å²) in [6.07, 6.45) is 1.63. The van der Waals surface area contributed by atoms with E-state index in [0.29, 0.717) is 12.1 Å². The van der Waals surface area contributed by atoms with Crippen molar-refractivity contribution >= 4 is 35.6 Å². The summed E-state index contributed by atoms with van der Waals surface area (Å²) >= 11 is 1.36. The molecule has 0 spiro atoms. The normalized spacial score (nSPS) is 9.91. The number of carbonyl (C=O) groups excluding carboxylic acids is 1. The van der Waals surface area contributed by atoms with Crippen molar-refractivity contribution in [1.29, 1.82) is 0 Å². The summed E-state index contributed by atoms with van der Waals surface area (Å²) in [7, 11) is 1.65. The van der Waals surface area contributed by atoms with Gasteiger partial charge in [0.05, 0.1) is 23.5 Å². The zero-order valence-electron chi connectivity index (χ0n) is 11.9. The molecule has 0 fully saturated rings. The molecular weight excluding hydrogens is 326 g/mol. The molecule has 0 aliphatic heterocycles. The highest BCUT2D eigenvalue weighted by Crippen LogP contribution is 2.29. The second kappa shape index (κ2) is 7.88. The van der Waals surface area contributed by atoms with E-state index in [0.717, 1.165) is 9.88 Å². The average molecular weight is 342 g/mol. The molecule has 0 unspecified atom stereocenters. The zero-order valence-corrected chi connectivity index (χ0v) is 13.5. The van der Waals surface area contributed by atoms with Crippen molar-refractivity contribution in [3.63, 3.8) is 0 Å². The van der Waals surface area contributed by atoms with Crippen LogP contribution in [-0.4, -0.2) is 40.5 Å². The maximum Gasteiger partial charge on any atom is 0.336 e. The van der Waals surface area contributed by atoms with Crippen molar-refractivity contribution in [2.45, 2.75) is 6.54 Å². The first-order valence-corrected chi connectivity index (χ1v) is 7.06. The number of nitrogens with two attached hydrogens (primary N) is 1. The number of benzene rings is 1. The van der Waals surface area contributed by atoms with E-state index in [9.17, 15) is 14.7 Å². The van der Waals surface area contributed by atoms with Gasteiger partial charge in [0.2, 0.25) is 5.91 Å². The summed E-state index contributed by atoms with van der Waals surface area (Å²) in [5, 5.41) is 9.93. The molecule has 118 valence electrons. The number of likely N-dealkylation sites (N-methyl/N-ethyl adjacent to an activating group) is 1. The van der Waals surface area contributed by atoms with Gasteiger partial charge in [0.1, 0.15) is 5.01 Å². The van der Waals surface area contributed by atoms with Gasteiger partial charge in [0, 0.05) is 18.8 Å². The fourth-order valence-corrected chi connectivity index (χ4v) is 2.85. The number of hydrogen-bond donors (Lipinski definition) is 2. The summed E-state index contributed by atoms with van der Waals surface area (Å²) in [6.45, 7) is 0.312. The van der Waals surface area contributed by atoms with E-state index in [1.54, 1.807) is 37.5 Å². The molecule has 1 aromatic heterocycles. The predicted molar refractivity (Wildman–Crippen MR) is 87.3 cm³/mol. The lowest BCUT2D eigenvalue weighted by Crippen LogP contribution is -2.31. The van der Waals surface area contributed by atoms with E-state index in [4.69, 9.17) is 5.73 Å². The second-order valence-corrected chi connectivity index (χ2v) is 5.54. The SMILES string of the molecule is CN(Cc1ncc(-c2ccccc2C(=O)O)s1)C(=O)CN.Cl. The van der Waals surface area contributed by atoms with Gasteiger partial charge in [-0.1, -0.05) is 18.2 Å². The Hall–Kier alpha value is -1.96. The molecule has 2 rings (SSSR count). The van der Waals surface area contributed by atoms with Crippen LogP contribution in [0.25, 0.3) is 10.4 Å². The number of rotatable bonds is 5. The Morgan fingerprint density at radius 1 is 1.36 bits per heavy atom. The molecule has 0 aliphatic carbocycles. The van der Waals surface area contributed by atoms with E-state index in [2.05, 4.69) is 4.98 Å². The number of amides is 1. The van der Waals surface area contributed by atoms with Crippen molar-refractivity contribution in [3.8, 4) is 10.4 Å². The van der Waals surface area contributed by atoms with Crippen LogP contribution in [0.5, 0.6) is 0 Å². The van der Waals surface area contributed by atoms with Gasteiger partial charge in [-0.2, -0.15) is 0 Å². The van der Waals surface area contributed by atoms with Crippen LogP contribution >= 0.6 is 23.7 Å². The third-order valence-electron chi connectivity index (χ3n) is 2.95. The Morgan fingerprint density at radius 2 is 2.05 bits per heavy atom. The van der Waals surface area contributed by atoms with Gasteiger partial charge in [0.15, 0.2) is 0 Å². The molecular formula is C14H16ClN3O3S. The molecule has 1 heterocycles. The van der Waals surface area contributed by atoms with E-state index in [1.807, 2.05) is 0 Å². The Kier molecular flexibility index (Phi) is 6.48. The first kappa shape index (κ1) is 18.1. The molecule has 1 amide bonds. The van der Waals surface area contributed by atoms with Gasteiger partial charge in [-0.15, -0.1) is 23.7 Å². The van der Waals surface area contributed by atoms with Crippen molar-refractivity contribution in [1.82, 2.24) is 9.88 Å². The summed E-state index contributed by atoms with van der Waals surface area (Å²) < 4.78 is 0. The highest BCUT2D eigenvalue weighted by atomic mass is 35.5. The second-order valence-electron chi connectivity index (χ2n) is 4.42. The van der Waals surface area contributed by atoms with Crippen LogP contribution in [0.1, 0.15) is 15.4 Å². The Bertz CT molecular complexity index is 675. The van der Waals surface area contributed by atoms with E-state index >= 15 is 0 Å². The smallest absolute Gasteiger partial charge is 0.336 e. The average Bonchev–Trinajstić information content (AvgIpc) is 2.94. The minimum atomic E-state index is -0.976. The molecule has 0 radical (unpaired) electrons. The van der Waals surface area contributed by atoms with Crippen molar-refractivity contribution in [2.24, 2.45) is 5.73 Å². The molecule has 0 saturated carbocycles. The molecule has 0 bridgehead atoms. The maximum absolute atomic E-state index is 11.4. The van der Waals surface area contributed by atoms with Crippen molar-refractivity contribution in [3.05, 3.63) is 41.0 Å². The van der Waals surface area contributed by atoms with Crippen LogP contribution < -0.4 is 5.73 Å².